The molecule has 0 saturated carbocycles. The van der Waals surface area contributed by atoms with Gasteiger partial charge in [-0.05, 0) is 24.6 Å². The van der Waals surface area contributed by atoms with Crippen LogP contribution < -0.4 is 14.2 Å². The molecule has 0 aromatic heterocycles. The fourth-order valence-electron chi connectivity index (χ4n) is 3.54. The molecule has 1 saturated heterocycles. The lowest BCUT2D eigenvalue weighted by molar-refractivity contribution is 0.0172. The van der Waals surface area contributed by atoms with E-state index in [2.05, 4.69) is 15.7 Å². The first-order valence-corrected chi connectivity index (χ1v) is 10.8. The van der Waals surface area contributed by atoms with E-state index in [1.54, 1.807) is 6.07 Å². The van der Waals surface area contributed by atoms with E-state index in [4.69, 9.17) is 14.2 Å². The SMILES string of the molecule is Cc1cccc([C@H](CNS(=O)(=O)c2ccc3c(c2)OCO3)N2CCOCC2)c1. The van der Waals surface area contributed by atoms with Crippen LogP contribution in [0, 0.1) is 6.92 Å². The number of hydrogen-bond acceptors (Lipinski definition) is 6. The Morgan fingerprint density at radius 3 is 2.64 bits per heavy atom. The molecule has 0 spiro atoms. The Labute approximate surface area is 165 Å². The molecule has 2 aliphatic rings. The zero-order chi connectivity index (χ0) is 19.6. The van der Waals surface area contributed by atoms with Gasteiger partial charge in [-0.3, -0.25) is 4.90 Å². The van der Waals surface area contributed by atoms with Crippen molar-refractivity contribution in [1.82, 2.24) is 9.62 Å². The molecule has 0 amide bonds. The zero-order valence-electron chi connectivity index (χ0n) is 15.8. The van der Waals surface area contributed by atoms with Crippen LogP contribution in [0.5, 0.6) is 11.5 Å². The summed E-state index contributed by atoms with van der Waals surface area (Å²) in [6.07, 6.45) is 0. The third-order valence-corrected chi connectivity index (χ3v) is 6.46. The Morgan fingerprint density at radius 1 is 1.07 bits per heavy atom. The Morgan fingerprint density at radius 2 is 1.86 bits per heavy atom. The molecule has 150 valence electrons. The summed E-state index contributed by atoms with van der Waals surface area (Å²) in [7, 11) is -3.68. The van der Waals surface area contributed by atoms with Gasteiger partial charge in [0.05, 0.1) is 18.1 Å². The molecule has 0 radical (unpaired) electrons. The zero-order valence-corrected chi connectivity index (χ0v) is 16.6. The third kappa shape index (κ3) is 4.15. The van der Waals surface area contributed by atoms with Crippen LogP contribution in [-0.2, 0) is 14.8 Å². The first-order chi connectivity index (χ1) is 13.5. The molecular formula is C20H24N2O5S. The predicted octanol–water partition coefficient (Wildman–Crippen LogP) is 2.08. The second-order valence-corrected chi connectivity index (χ2v) is 8.71. The standard InChI is InChI=1S/C20H24N2O5S/c1-15-3-2-4-16(11-15)18(22-7-9-25-10-8-22)13-21-28(23,24)17-5-6-19-20(12-17)27-14-26-19/h2-6,11-12,18,21H,7-10,13-14H2,1H3/t18-/m0/s1. The Kier molecular flexibility index (Phi) is 5.54. The molecule has 0 bridgehead atoms. The van der Waals surface area contributed by atoms with Crippen LogP contribution in [0.2, 0.25) is 0 Å². The molecule has 1 atom stereocenters. The molecule has 2 aromatic carbocycles. The van der Waals surface area contributed by atoms with Crippen LogP contribution >= 0.6 is 0 Å². The summed E-state index contributed by atoms with van der Waals surface area (Å²) in [6, 6.07) is 12.8. The van der Waals surface area contributed by atoms with Gasteiger partial charge in [0.2, 0.25) is 16.8 Å². The number of benzene rings is 2. The maximum absolute atomic E-state index is 12.9. The van der Waals surface area contributed by atoms with Crippen molar-refractivity contribution in [2.75, 3.05) is 39.6 Å². The summed E-state index contributed by atoms with van der Waals surface area (Å²) >= 11 is 0. The number of aryl methyl sites for hydroxylation is 1. The second-order valence-electron chi connectivity index (χ2n) is 6.95. The number of ether oxygens (including phenoxy) is 3. The van der Waals surface area contributed by atoms with Crippen molar-refractivity contribution >= 4 is 10.0 Å². The highest BCUT2D eigenvalue weighted by atomic mass is 32.2. The van der Waals surface area contributed by atoms with Gasteiger partial charge in [0.1, 0.15) is 0 Å². The monoisotopic (exact) mass is 404 g/mol. The summed E-state index contributed by atoms with van der Waals surface area (Å²) in [5, 5.41) is 0. The van der Waals surface area contributed by atoms with Gasteiger partial charge in [0, 0.05) is 31.7 Å². The van der Waals surface area contributed by atoms with E-state index in [9.17, 15) is 8.42 Å². The summed E-state index contributed by atoms with van der Waals surface area (Å²) in [5.74, 6) is 1.01. The molecule has 2 aliphatic heterocycles. The van der Waals surface area contributed by atoms with E-state index in [-0.39, 0.29) is 24.3 Å². The molecule has 7 nitrogen and oxygen atoms in total. The number of fused-ring (bicyclic) bond motifs is 1. The van der Waals surface area contributed by atoms with Gasteiger partial charge < -0.3 is 14.2 Å². The molecule has 4 rings (SSSR count). The smallest absolute Gasteiger partial charge is 0.240 e. The van der Waals surface area contributed by atoms with E-state index >= 15 is 0 Å². The van der Waals surface area contributed by atoms with Crippen molar-refractivity contribution in [1.29, 1.82) is 0 Å². The lowest BCUT2D eigenvalue weighted by Gasteiger charge is -2.35. The summed E-state index contributed by atoms with van der Waals surface area (Å²) < 4.78 is 44.5. The molecule has 0 aliphatic carbocycles. The van der Waals surface area contributed by atoms with E-state index < -0.39 is 10.0 Å². The first kappa shape index (κ1) is 19.2. The predicted molar refractivity (Wildman–Crippen MR) is 104 cm³/mol. The first-order valence-electron chi connectivity index (χ1n) is 9.31. The quantitative estimate of drug-likeness (QED) is 0.794. The average Bonchev–Trinajstić information content (AvgIpc) is 3.17. The minimum atomic E-state index is -3.68. The van der Waals surface area contributed by atoms with E-state index in [0.29, 0.717) is 24.7 Å². The van der Waals surface area contributed by atoms with Gasteiger partial charge in [-0.25, -0.2) is 13.1 Å². The summed E-state index contributed by atoms with van der Waals surface area (Å²) in [5.41, 5.74) is 2.24. The lowest BCUT2D eigenvalue weighted by atomic mass is 10.0. The normalized spacial score (nSPS) is 18.2. The topological polar surface area (TPSA) is 77.1 Å². The number of sulfonamides is 1. The highest BCUT2D eigenvalue weighted by Crippen LogP contribution is 2.34. The van der Waals surface area contributed by atoms with Crippen molar-refractivity contribution < 1.29 is 22.6 Å². The van der Waals surface area contributed by atoms with Gasteiger partial charge in [-0.15, -0.1) is 0 Å². The molecule has 0 unspecified atom stereocenters. The summed E-state index contributed by atoms with van der Waals surface area (Å²) in [6.45, 7) is 5.26. The van der Waals surface area contributed by atoms with Crippen LogP contribution in [0.3, 0.4) is 0 Å². The fraction of sp³-hybridized carbons (Fsp3) is 0.400. The number of hydrogen-bond donors (Lipinski definition) is 1. The third-order valence-electron chi connectivity index (χ3n) is 5.03. The van der Waals surface area contributed by atoms with Crippen molar-refractivity contribution in [3.63, 3.8) is 0 Å². The highest BCUT2D eigenvalue weighted by Gasteiger charge is 2.26. The fourth-order valence-corrected chi connectivity index (χ4v) is 4.59. The average molecular weight is 404 g/mol. The van der Waals surface area contributed by atoms with Gasteiger partial charge >= 0.3 is 0 Å². The molecule has 2 aromatic rings. The minimum Gasteiger partial charge on any atom is -0.454 e. The Hall–Kier alpha value is -2.13. The van der Waals surface area contributed by atoms with E-state index in [0.717, 1.165) is 24.2 Å². The van der Waals surface area contributed by atoms with Crippen LogP contribution in [0.1, 0.15) is 17.2 Å². The van der Waals surface area contributed by atoms with Crippen molar-refractivity contribution in [3.8, 4) is 11.5 Å². The van der Waals surface area contributed by atoms with Gasteiger partial charge in [0.15, 0.2) is 11.5 Å². The Balaban J connectivity index is 1.54. The Bertz CT molecular complexity index is 941. The number of rotatable bonds is 6. The maximum atomic E-state index is 12.9. The lowest BCUT2D eigenvalue weighted by Crippen LogP contribution is -2.43. The molecule has 1 N–H and O–H groups in total. The summed E-state index contributed by atoms with van der Waals surface area (Å²) in [4.78, 5) is 2.43. The van der Waals surface area contributed by atoms with E-state index in [1.807, 2.05) is 25.1 Å². The second kappa shape index (κ2) is 8.08. The number of morpholine rings is 1. The van der Waals surface area contributed by atoms with Crippen LogP contribution in [0.25, 0.3) is 0 Å². The van der Waals surface area contributed by atoms with Crippen molar-refractivity contribution in [2.24, 2.45) is 0 Å². The molecule has 28 heavy (non-hydrogen) atoms. The van der Waals surface area contributed by atoms with Crippen molar-refractivity contribution in [3.05, 3.63) is 53.6 Å². The molecule has 1 fully saturated rings. The molecular weight excluding hydrogens is 380 g/mol. The van der Waals surface area contributed by atoms with Gasteiger partial charge in [-0.2, -0.15) is 0 Å². The van der Waals surface area contributed by atoms with Gasteiger partial charge in [0.25, 0.3) is 0 Å². The maximum Gasteiger partial charge on any atom is 0.240 e. The molecule has 8 heteroatoms. The van der Waals surface area contributed by atoms with Crippen LogP contribution in [0.4, 0.5) is 0 Å². The van der Waals surface area contributed by atoms with E-state index in [1.165, 1.54) is 12.1 Å². The van der Waals surface area contributed by atoms with Gasteiger partial charge in [-0.1, -0.05) is 29.8 Å². The molecule has 2 heterocycles. The number of nitrogens with one attached hydrogen (secondary N) is 1. The van der Waals surface area contributed by atoms with Crippen LogP contribution in [-0.4, -0.2) is 53.0 Å². The highest BCUT2D eigenvalue weighted by molar-refractivity contribution is 7.89. The van der Waals surface area contributed by atoms with Crippen molar-refractivity contribution in [2.45, 2.75) is 17.9 Å². The minimum absolute atomic E-state index is 0.0624. The largest absolute Gasteiger partial charge is 0.454 e. The number of nitrogens with zero attached hydrogens (tertiary/aromatic N) is 1. The van der Waals surface area contributed by atoms with Crippen LogP contribution in [0.15, 0.2) is 47.4 Å².